The largest absolute Gasteiger partial charge is 0.433 e. The number of nitrogens with zero attached hydrogens (tertiary/aromatic N) is 4. The molecule has 11 heteroatoms. The van der Waals surface area contributed by atoms with Gasteiger partial charge in [-0.15, -0.1) is 5.10 Å². The standard InChI is InChI=1S/C25H18ClF3N6O/c1-14-17(7-12-20(32-14)25(27,28)29)13-35-24(36)22(16-5-10-19(31-2)11-6-16)21(23(33-30)34-35)15-3-8-18(26)9-4-15/h3-12H,13,30H2,1H3,(H,33,34). The molecule has 0 bridgehead atoms. The number of hydrazine groups is 1. The average Bonchev–Trinajstić information content (AvgIpc) is 2.86. The Morgan fingerprint density at radius 3 is 2.19 bits per heavy atom. The number of nitrogens with two attached hydrogens (primary N) is 1. The predicted molar refractivity (Wildman–Crippen MR) is 132 cm³/mol. The summed E-state index contributed by atoms with van der Waals surface area (Å²) in [6.07, 6.45) is -4.58. The van der Waals surface area contributed by atoms with Gasteiger partial charge in [-0.3, -0.25) is 4.79 Å². The SMILES string of the molecule is [C-]#[N+]c1ccc(-c2c(-c3ccc(Cl)cc3)c(NN)nn(Cc3ccc(C(F)(F)F)nc3C)c2=O)cc1. The third-order valence-corrected chi connectivity index (χ3v) is 5.77. The van der Waals surface area contributed by atoms with E-state index in [0.29, 0.717) is 33.0 Å². The molecule has 7 nitrogen and oxygen atoms in total. The van der Waals surface area contributed by atoms with E-state index in [1.807, 2.05) is 0 Å². The number of alkyl halides is 3. The summed E-state index contributed by atoms with van der Waals surface area (Å²) in [6.45, 7) is 8.48. The van der Waals surface area contributed by atoms with Crippen molar-refractivity contribution in [3.05, 3.63) is 104 Å². The van der Waals surface area contributed by atoms with E-state index in [1.165, 1.54) is 13.0 Å². The Hall–Kier alpha value is -4.20. The molecule has 0 spiro atoms. The molecule has 0 radical (unpaired) electrons. The number of nitrogens with one attached hydrogen (secondary N) is 1. The van der Waals surface area contributed by atoms with Crippen LogP contribution in [0.5, 0.6) is 0 Å². The van der Waals surface area contributed by atoms with Gasteiger partial charge in [-0.1, -0.05) is 54.1 Å². The molecule has 3 N–H and O–H groups in total. The smallest absolute Gasteiger partial charge is 0.306 e. The topological polar surface area (TPSA) is 90.2 Å². The van der Waals surface area contributed by atoms with Crippen molar-refractivity contribution in [3.8, 4) is 22.3 Å². The van der Waals surface area contributed by atoms with Crippen LogP contribution in [0.15, 0.2) is 65.5 Å². The molecule has 0 atom stereocenters. The molecule has 2 heterocycles. The van der Waals surface area contributed by atoms with Gasteiger partial charge in [0.05, 0.1) is 18.7 Å². The minimum absolute atomic E-state index is 0.116. The van der Waals surface area contributed by atoms with Crippen LogP contribution in [0.4, 0.5) is 24.7 Å². The minimum Gasteiger partial charge on any atom is -0.306 e. The molecule has 0 amide bonds. The Kier molecular flexibility index (Phi) is 6.79. The van der Waals surface area contributed by atoms with Crippen LogP contribution >= 0.6 is 11.6 Å². The van der Waals surface area contributed by atoms with Crippen molar-refractivity contribution in [2.45, 2.75) is 19.6 Å². The lowest BCUT2D eigenvalue weighted by atomic mass is 9.96. The molecule has 36 heavy (non-hydrogen) atoms. The fraction of sp³-hybridized carbons (Fsp3) is 0.120. The summed E-state index contributed by atoms with van der Waals surface area (Å²) in [5, 5.41) is 4.85. The Bertz CT molecular complexity index is 1520. The number of pyridine rings is 1. The number of aryl methyl sites for hydroxylation is 1. The van der Waals surface area contributed by atoms with Crippen LogP contribution in [0, 0.1) is 13.5 Å². The molecule has 0 saturated heterocycles. The lowest BCUT2D eigenvalue weighted by Crippen LogP contribution is -2.29. The molecule has 0 fully saturated rings. The second kappa shape index (κ2) is 9.81. The lowest BCUT2D eigenvalue weighted by Gasteiger charge is -2.18. The van der Waals surface area contributed by atoms with Gasteiger partial charge in [0.2, 0.25) is 0 Å². The summed E-state index contributed by atoms with van der Waals surface area (Å²) >= 11 is 6.04. The van der Waals surface area contributed by atoms with Crippen molar-refractivity contribution in [2.24, 2.45) is 5.84 Å². The molecule has 4 aromatic rings. The fourth-order valence-electron chi connectivity index (χ4n) is 3.72. The number of benzene rings is 2. The highest BCUT2D eigenvalue weighted by atomic mass is 35.5. The summed E-state index contributed by atoms with van der Waals surface area (Å²) < 4.78 is 40.2. The third-order valence-electron chi connectivity index (χ3n) is 5.52. The van der Waals surface area contributed by atoms with Crippen molar-refractivity contribution in [3.63, 3.8) is 0 Å². The molecular formula is C25H18ClF3N6O. The monoisotopic (exact) mass is 510 g/mol. The van der Waals surface area contributed by atoms with E-state index in [2.05, 4.69) is 20.4 Å². The Balaban J connectivity index is 1.93. The summed E-state index contributed by atoms with van der Waals surface area (Å²) in [5.74, 6) is 5.95. The molecule has 0 saturated carbocycles. The van der Waals surface area contributed by atoms with Crippen LogP contribution in [-0.2, 0) is 12.7 Å². The van der Waals surface area contributed by atoms with Crippen LogP contribution in [-0.4, -0.2) is 14.8 Å². The minimum atomic E-state index is -4.58. The number of hydrogen-bond acceptors (Lipinski definition) is 5. The first kappa shape index (κ1) is 24.9. The number of halogens is 4. The maximum absolute atomic E-state index is 13.7. The van der Waals surface area contributed by atoms with E-state index in [9.17, 15) is 18.0 Å². The van der Waals surface area contributed by atoms with Crippen LogP contribution < -0.4 is 16.8 Å². The zero-order chi connectivity index (χ0) is 26.0. The summed E-state index contributed by atoms with van der Waals surface area (Å²) in [5.41, 5.74) is 3.66. The van der Waals surface area contributed by atoms with Gasteiger partial charge in [0, 0.05) is 16.3 Å². The lowest BCUT2D eigenvalue weighted by molar-refractivity contribution is -0.141. The predicted octanol–water partition coefficient (Wildman–Crippen LogP) is 5.84. The fourth-order valence-corrected chi connectivity index (χ4v) is 3.85. The van der Waals surface area contributed by atoms with Gasteiger partial charge >= 0.3 is 6.18 Å². The van der Waals surface area contributed by atoms with E-state index in [0.717, 1.165) is 10.7 Å². The number of aromatic nitrogens is 3. The van der Waals surface area contributed by atoms with E-state index in [1.54, 1.807) is 48.5 Å². The van der Waals surface area contributed by atoms with Crippen LogP contribution in [0.25, 0.3) is 27.1 Å². The van der Waals surface area contributed by atoms with Crippen molar-refractivity contribution < 1.29 is 13.2 Å². The Morgan fingerprint density at radius 1 is 1.03 bits per heavy atom. The Morgan fingerprint density at radius 2 is 1.64 bits per heavy atom. The third kappa shape index (κ3) is 4.93. The van der Waals surface area contributed by atoms with Gasteiger partial charge in [0.1, 0.15) is 5.69 Å². The number of rotatable bonds is 5. The van der Waals surface area contributed by atoms with Crippen LogP contribution in [0.2, 0.25) is 5.02 Å². The first-order valence-electron chi connectivity index (χ1n) is 10.5. The summed E-state index contributed by atoms with van der Waals surface area (Å²) in [6, 6.07) is 15.3. The summed E-state index contributed by atoms with van der Waals surface area (Å²) in [4.78, 5) is 20.8. The molecule has 4 rings (SSSR count). The molecule has 2 aromatic carbocycles. The normalized spacial score (nSPS) is 11.2. The molecule has 0 aliphatic rings. The highest BCUT2D eigenvalue weighted by Gasteiger charge is 2.32. The van der Waals surface area contributed by atoms with E-state index in [4.69, 9.17) is 24.0 Å². The van der Waals surface area contributed by atoms with Crippen molar-refractivity contribution in [2.75, 3.05) is 5.43 Å². The zero-order valence-corrected chi connectivity index (χ0v) is 19.5. The molecule has 182 valence electrons. The zero-order valence-electron chi connectivity index (χ0n) is 18.8. The Labute approximate surface area is 208 Å². The highest BCUT2D eigenvalue weighted by Crippen LogP contribution is 2.35. The van der Waals surface area contributed by atoms with E-state index < -0.39 is 17.4 Å². The van der Waals surface area contributed by atoms with Gasteiger partial charge in [-0.05, 0) is 41.8 Å². The molecule has 0 aliphatic heterocycles. The van der Waals surface area contributed by atoms with Gasteiger partial charge in [0.25, 0.3) is 5.56 Å². The van der Waals surface area contributed by atoms with Crippen LogP contribution in [0.1, 0.15) is 17.0 Å². The maximum atomic E-state index is 13.7. The highest BCUT2D eigenvalue weighted by molar-refractivity contribution is 6.30. The molecule has 0 unspecified atom stereocenters. The van der Waals surface area contributed by atoms with Gasteiger partial charge in [0.15, 0.2) is 11.5 Å². The second-order valence-electron chi connectivity index (χ2n) is 7.81. The van der Waals surface area contributed by atoms with Crippen molar-refractivity contribution in [1.29, 1.82) is 0 Å². The van der Waals surface area contributed by atoms with Crippen LogP contribution in [0.3, 0.4) is 0 Å². The number of hydrogen-bond donors (Lipinski definition) is 2. The summed E-state index contributed by atoms with van der Waals surface area (Å²) in [7, 11) is 0. The maximum Gasteiger partial charge on any atom is 0.433 e. The molecular weight excluding hydrogens is 493 g/mol. The van der Waals surface area contributed by atoms with E-state index >= 15 is 0 Å². The second-order valence-corrected chi connectivity index (χ2v) is 8.25. The van der Waals surface area contributed by atoms with Gasteiger partial charge < -0.3 is 5.43 Å². The first-order chi connectivity index (χ1) is 17.1. The number of nitrogen functional groups attached to an aromatic ring is 1. The van der Waals surface area contributed by atoms with Gasteiger partial charge in [-0.2, -0.15) is 13.2 Å². The van der Waals surface area contributed by atoms with Crippen molar-refractivity contribution >= 4 is 23.1 Å². The van der Waals surface area contributed by atoms with Gasteiger partial charge in [-0.25, -0.2) is 20.4 Å². The quantitative estimate of drug-likeness (QED) is 0.200. The van der Waals surface area contributed by atoms with E-state index in [-0.39, 0.29) is 23.6 Å². The number of anilines is 1. The first-order valence-corrected chi connectivity index (χ1v) is 10.9. The molecule has 0 aliphatic carbocycles. The average molecular weight is 511 g/mol. The molecule has 2 aromatic heterocycles. The van der Waals surface area contributed by atoms with Crippen molar-refractivity contribution in [1.82, 2.24) is 14.8 Å².